The van der Waals surface area contributed by atoms with E-state index in [0.29, 0.717) is 12.2 Å². The molecule has 0 fully saturated rings. The maximum Gasteiger partial charge on any atom is 0.296 e. The minimum Gasteiger partial charge on any atom is -0.304 e. The number of halogens is 1. The zero-order valence-electron chi connectivity index (χ0n) is 7.36. The second kappa shape index (κ2) is 3.63. The monoisotopic (exact) mass is 223 g/mol. The Morgan fingerprint density at radius 2 is 2.08 bits per heavy atom. The highest BCUT2D eigenvalue weighted by Crippen LogP contribution is 2.12. The van der Waals surface area contributed by atoms with E-state index in [4.69, 9.17) is 10.7 Å². The third-order valence-corrected chi connectivity index (χ3v) is 2.82. The summed E-state index contributed by atoms with van der Waals surface area (Å²) in [6.45, 7) is 1.98. The van der Waals surface area contributed by atoms with Gasteiger partial charge in [-0.15, -0.1) is 10.2 Å². The van der Waals surface area contributed by atoms with Crippen LogP contribution >= 0.6 is 10.7 Å². The molecule has 0 N–H and O–H groups in total. The number of hydrogen-bond donors (Lipinski definition) is 0. The molecule has 0 aliphatic heterocycles. The molecule has 0 amide bonds. The van der Waals surface area contributed by atoms with Crippen LogP contribution in [0.3, 0.4) is 0 Å². The molecular weight excluding hydrogens is 214 g/mol. The molecule has 1 rings (SSSR count). The fourth-order valence-corrected chi connectivity index (χ4v) is 1.97. The average molecular weight is 224 g/mol. The highest BCUT2D eigenvalue weighted by atomic mass is 35.7. The van der Waals surface area contributed by atoms with Gasteiger partial charge in [-0.2, -0.15) is 0 Å². The highest BCUT2D eigenvalue weighted by molar-refractivity contribution is 8.13. The largest absolute Gasteiger partial charge is 0.304 e. The van der Waals surface area contributed by atoms with Crippen molar-refractivity contribution in [1.82, 2.24) is 14.8 Å². The molecule has 1 aromatic heterocycles. The Hall–Kier alpha value is -0.620. The van der Waals surface area contributed by atoms with E-state index in [2.05, 4.69) is 10.2 Å². The van der Waals surface area contributed by atoms with E-state index in [1.807, 2.05) is 6.92 Å². The van der Waals surface area contributed by atoms with Gasteiger partial charge in [0.15, 0.2) is 0 Å². The predicted molar refractivity (Wildman–Crippen MR) is 48.0 cm³/mol. The van der Waals surface area contributed by atoms with E-state index in [1.165, 1.54) is 4.57 Å². The molecule has 0 aliphatic rings. The lowest BCUT2D eigenvalue weighted by molar-refractivity contribution is 0.590. The van der Waals surface area contributed by atoms with E-state index in [0.717, 1.165) is 6.42 Å². The van der Waals surface area contributed by atoms with Crippen LogP contribution in [0.4, 0.5) is 0 Å². The molecule has 0 spiro atoms. The summed E-state index contributed by atoms with van der Waals surface area (Å²) in [7, 11) is 2.94. The highest BCUT2D eigenvalue weighted by Gasteiger charge is 2.19. The van der Waals surface area contributed by atoms with E-state index >= 15 is 0 Å². The Labute approximate surface area is 81.2 Å². The molecule has 0 saturated carbocycles. The van der Waals surface area contributed by atoms with Crippen LogP contribution in [-0.4, -0.2) is 23.2 Å². The summed E-state index contributed by atoms with van der Waals surface area (Å²) in [5, 5.41) is 7.02. The topological polar surface area (TPSA) is 64.8 Å². The molecule has 1 aromatic rings. The van der Waals surface area contributed by atoms with Crippen LogP contribution in [0.2, 0.25) is 0 Å². The number of hydrogen-bond acceptors (Lipinski definition) is 4. The first kappa shape index (κ1) is 10.5. The normalized spacial score (nSPS) is 11.9. The minimum absolute atomic E-state index is 0.197. The summed E-state index contributed by atoms with van der Waals surface area (Å²) in [5.74, 6) is 0.627. The van der Waals surface area contributed by atoms with Crippen molar-refractivity contribution >= 4 is 19.7 Å². The molecule has 13 heavy (non-hydrogen) atoms. The van der Waals surface area contributed by atoms with Crippen molar-refractivity contribution in [2.24, 2.45) is 7.05 Å². The second-order valence-electron chi connectivity index (χ2n) is 2.65. The smallest absolute Gasteiger partial charge is 0.296 e. The van der Waals surface area contributed by atoms with Crippen molar-refractivity contribution in [2.75, 3.05) is 0 Å². The number of aromatic nitrogens is 3. The van der Waals surface area contributed by atoms with Gasteiger partial charge in [-0.3, -0.25) is 0 Å². The maximum absolute atomic E-state index is 10.9. The Balaban J connectivity index is 3.14. The van der Waals surface area contributed by atoms with Gasteiger partial charge in [-0.25, -0.2) is 8.42 Å². The van der Waals surface area contributed by atoms with Gasteiger partial charge < -0.3 is 4.57 Å². The summed E-state index contributed by atoms with van der Waals surface area (Å²) in [6, 6.07) is 0. The van der Waals surface area contributed by atoms with Gasteiger partial charge in [0.1, 0.15) is 5.82 Å². The molecule has 7 heteroatoms. The zero-order chi connectivity index (χ0) is 10.1. The molecule has 74 valence electrons. The van der Waals surface area contributed by atoms with Crippen molar-refractivity contribution in [3.63, 3.8) is 0 Å². The Morgan fingerprint density at radius 1 is 1.46 bits per heavy atom. The van der Waals surface area contributed by atoms with E-state index in [1.54, 1.807) is 7.05 Å². The maximum atomic E-state index is 10.9. The molecule has 0 atom stereocenters. The summed E-state index contributed by atoms with van der Waals surface area (Å²) >= 11 is 0. The van der Waals surface area contributed by atoms with Crippen LogP contribution in [0.25, 0.3) is 0 Å². The molecule has 0 unspecified atom stereocenters. The van der Waals surface area contributed by atoms with Crippen molar-refractivity contribution in [3.8, 4) is 0 Å². The lowest BCUT2D eigenvalue weighted by atomic mass is 10.3. The van der Waals surface area contributed by atoms with Gasteiger partial charge in [0.05, 0.1) is 0 Å². The zero-order valence-corrected chi connectivity index (χ0v) is 8.93. The van der Waals surface area contributed by atoms with E-state index < -0.39 is 9.05 Å². The minimum atomic E-state index is -3.77. The summed E-state index contributed by atoms with van der Waals surface area (Å²) in [6.07, 6.45) is 1.57. The molecule has 5 nitrogen and oxygen atoms in total. The fraction of sp³-hybridized carbons (Fsp3) is 0.667. The quantitative estimate of drug-likeness (QED) is 0.708. The van der Waals surface area contributed by atoms with Gasteiger partial charge in [0.25, 0.3) is 14.2 Å². The average Bonchev–Trinajstić information content (AvgIpc) is 2.32. The Bertz CT molecular complexity index is 398. The number of rotatable bonds is 3. The van der Waals surface area contributed by atoms with Crippen molar-refractivity contribution in [1.29, 1.82) is 0 Å². The molecule has 0 saturated heterocycles. The predicted octanol–water partition coefficient (Wildman–Crippen LogP) is 0.695. The van der Waals surface area contributed by atoms with Crippen LogP contribution in [-0.2, 0) is 22.5 Å². The first-order valence-corrected chi connectivity index (χ1v) is 6.10. The summed E-state index contributed by atoms with van der Waals surface area (Å²) in [4.78, 5) is 0. The third kappa shape index (κ3) is 2.19. The van der Waals surface area contributed by atoms with E-state index in [9.17, 15) is 8.42 Å². The van der Waals surface area contributed by atoms with Crippen molar-refractivity contribution in [3.05, 3.63) is 5.82 Å². The molecule has 0 bridgehead atoms. The third-order valence-electron chi connectivity index (χ3n) is 1.62. The Morgan fingerprint density at radius 3 is 2.46 bits per heavy atom. The molecular formula is C6H10ClN3O2S. The van der Waals surface area contributed by atoms with Crippen molar-refractivity contribution in [2.45, 2.75) is 24.9 Å². The summed E-state index contributed by atoms with van der Waals surface area (Å²) in [5.41, 5.74) is 0. The van der Waals surface area contributed by atoms with Crippen LogP contribution in [0.15, 0.2) is 5.16 Å². The second-order valence-corrected chi connectivity index (χ2v) is 5.11. The molecule has 1 heterocycles. The fourth-order valence-electron chi connectivity index (χ4n) is 0.999. The summed E-state index contributed by atoms with van der Waals surface area (Å²) < 4.78 is 23.2. The van der Waals surface area contributed by atoms with Crippen LogP contribution in [0.1, 0.15) is 19.2 Å². The molecule has 0 aromatic carbocycles. The molecule has 0 aliphatic carbocycles. The van der Waals surface area contributed by atoms with Gasteiger partial charge in [-0.1, -0.05) is 6.92 Å². The van der Waals surface area contributed by atoms with Crippen LogP contribution in [0.5, 0.6) is 0 Å². The number of nitrogens with zero attached hydrogens (tertiary/aromatic N) is 3. The van der Waals surface area contributed by atoms with Gasteiger partial charge in [-0.05, 0) is 6.42 Å². The van der Waals surface area contributed by atoms with Gasteiger partial charge in [0.2, 0.25) is 0 Å². The number of aryl methyl sites for hydroxylation is 1. The molecule has 0 radical (unpaired) electrons. The standard InChI is InChI=1S/C6H10ClN3O2S/c1-3-4-5-8-9-6(10(5)2)13(7,11)12/h3-4H2,1-2H3. The van der Waals surface area contributed by atoms with Crippen molar-refractivity contribution < 1.29 is 8.42 Å². The first-order valence-electron chi connectivity index (χ1n) is 3.79. The Kier molecular flexibility index (Phi) is 2.92. The van der Waals surface area contributed by atoms with E-state index in [-0.39, 0.29) is 5.16 Å². The van der Waals surface area contributed by atoms with Gasteiger partial charge in [0, 0.05) is 24.2 Å². The van der Waals surface area contributed by atoms with Crippen LogP contribution in [0, 0.1) is 0 Å². The van der Waals surface area contributed by atoms with Crippen LogP contribution < -0.4 is 0 Å². The van der Waals surface area contributed by atoms with Gasteiger partial charge >= 0.3 is 0 Å². The first-order chi connectivity index (χ1) is 5.96. The lowest BCUT2D eigenvalue weighted by Crippen LogP contribution is -2.04. The SMILES string of the molecule is CCCc1nnc(S(=O)(=O)Cl)n1C. The lowest BCUT2D eigenvalue weighted by Gasteiger charge is -1.98.